The first-order valence-electron chi connectivity index (χ1n) is 2.10. The van der Waals surface area contributed by atoms with Gasteiger partial charge < -0.3 is 0 Å². The zero-order valence-electron chi connectivity index (χ0n) is 3.76. The van der Waals surface area contributed by atoms with Crippen LogP contribution in [0, 0.1) is 3.57 Å². The van der Waals surface area contributed by atoms with Crippen LogP contribution in [0.2, 0.25) is 0 Å². The van der Waals surface area contributed by atoms with Crippen LogP contribution in [0.3, 0.4) is 0 Å². The molecule has 2 heteroatoms. The Kier molecular flexibility index (Phi) is 4.73. The molecule has 1 aromatic rings. The van der Waals surface area contributed by atoms with Crippen LogP contribution in [-0.4, -0.2) is 18.9 Å². The van der Waals surface area contributed by atoms with Gasteiger partial charge >= 0.3 is 18.9 Å². The number of hydrogen-bond donors (Lipinski definition) is 0. The second-order valence-electron chi connectivity index (χ2n) is 1.30. The van der Waals surface area contributed by atoms with Crippen molar-refractivity contribution >= 4 is 41.5 Å². The summed E-state index contributed by atoms with van der Waals surface area (Å²) in [5.74, 6) is 0. The topological polar surface area (TPSA) is 0 Å². The molecular formula is C6H6ILi. The summed E-state index contributed by atoms with van der Waals surface area (Å²) >= 11 is 2.28. The summed E-state index contributed by atoms with van der Waals surface area (Å²) in [4.78, 5) is 0. The molecule has 0 radical (unpaired) electrons. The van der Waals surface area contributed by atoms with Crippen molar-refractivity contribution in [1.82, 2.24) is 0 Å². The Hall–Kier alpha value is 0.547. The SMILES string of the molecule is Ic1ccccc1.[LiH]. The molecule has 0 nitrogen and oxygen atoms in total. The van der Waals surface area contributed by atoms with E-state index in [4.69, 9.17) is 0 Å². The first-order valence-corrected chi connectivity index (χ1v) is 3.18. The maximum atomic E-state index is 2.28. The van der Waals surface area contributed by atoms with Gasteiger partial charge in [0.05, 0.1) is 0 Å². The Morgan fingerprint density at radius 3 is 1.75 bits per heavy atom. The predicted octanol–water partition coefficient (Wildman–Crippen LogP) is 1.64. The van der Waals surface area contributed by atoms with Crippen molar-refractivity contribution in [1.29, 1.82) is 0 Å². The molecule has 0 aromatic heterocycles. The molecule has 0 unspecified atom stereocenters. The molecule has 38 valence electrons. The van der Waals surface area contributed by atoms with Gasteiger partial charge in [0.25, 0.3) is 0 Å². The van der Waals surface area contributed by atoms with E-state index in [1.165, 1.54) is 3.57 Å². The molecule has 0 N–H and O–H groups in total. The molecule has 0 heterocycles. The van der Waals surface area contributed by atoms with Gasteiger partial charge in [-0.2, -0.15) is 0 Å². The minimum atomic E-state index is 0. The van der Waals surface area contributed by atoms with Gasteiger partial charge in [0.1, 0.15) is 0 Å². The van der Waals surface area contributed by atoms with Crippen LogP contribution in [0.15, 0.2) is 30.3 Å². The summed E-state index contributed by atoms with van der Waals surface area (Å²) in [7, 11) is 0. The molecule has 1 aromatic carbocycles. The number of rotatable bonds is 0. The van der Waals surface area contributed by atoms with Crippen molar-refractivity contribution in [2.45, 2.75) is 0 Å². The Bertz CT molecular complexity index is 138. The first kappa shape index (κ1) is 8.55. The summed E-state index contributed by atoms with van der Waals surface area (Å²) in [5.41, 5.74) is 0. The van der Waals surface area contributed by atoms with Gasteiger partial charge in [0.2, 0.25) is 0 Å². The molecule has 0 aliphatic carbocycles. The molecule has 0 bridgehead atoms. The normalized spacial score (nSPS) is 7.62. The van der Waals surface area contributed by atoms with Crippen LogP contribution < -0.4 is 0 Å². The zero-order valence-corrected chi connectivity index (χ0v) is 5.92. The monoisotopic (exact) mass is 212 g/mol. The molecule has 0 spiro atoms. The van der Waals surface area contributed by atoms with Crippen LogP contribution in [0.5, 0.6) is 0 Å². The van der Waals surface area contributed by atoms with Gasteiger partial charge in [0.15, 0.2) is 0 Å². The molecule has 0 atom stereocenters. The van der Waals surface area contributed by atoms with Crippen molar-refractivity contribution in [2.75, 3.05) is 0 Å². The van der Waals surface area contributed by atoms with Gasteiger partial charge in [-0.15, -0.1) is 0 Å². The summed E-state index contributed by atoms with van der Waals surface area (Å²) < 4.78 is 1.29. The second kappa shape index (κ2) is 4.43. The van der Waals surface area contributed by atoms with Crippen molar-refractivity contribution in [2.24, 2.45) is 0 Å². The van der Waals surface area contributed by atoms with Crippen molar-refractivity contribution < 1.29 is 0 Å². The fraction of sp³-hybridized carbons (Fsp3) is 0. The molecule has 0 aliphatic heterocycles. The van der Waals surface area contributed by atoms with Crippen LogP contribution in [-0.2, 0) is 0 Å². The molecule has 0 saturated carbocycles. The summed E-state index contributed by atoms with van der Waals surface area (Å²) in [6.45, 7) is 0. The Morgan fingerprint density at radius 1 is 1.00 bits per heavy atom. The van der Waals surface area contributed by atoms with E-state index in [0.717, 1.165) is 0 Å². The van der Waals surface area contributed by atoms with E-state index in [9.17, 15) is 0 Å². The maximum absolute atomic E-state index is 2.28. The molecule has 8 heavy (non-hydrogen) atoms. The summed E-state index contributed by atoms with van der Waals surface area (Å²) in [6, 6.07) is 10.2. The van der Waals surface area contributed by atoms with E-state index in [1.54, 1.807) is 0 Å². The average Bonchev–Trinajstić information content (AvgIpc) is 1.69. The Morgan fingerprint density at radius 2 is 1.50 bits per heavy atom. The number of hydrogen-bond acceptors (Lipinski definition) is 0. The van der Waals surface area contributed by atoms with E-state index in [0.29, 0.717) is 0 Å². The summed E-state index contributed by atoms with van der Waals surface area (Å²) in [5, 5.41) is 0. The minimum absolute atomic E-state index is 0. The van der Waals surface area contributed by atoms with Crippen molar-refractivity contribution in [3.05, 3.63) is 33.9 Å². The van der Waals surface area contributed by atoms with Crippen molar-refractivity contribution in [3.8, 4) is 0 Å². The third-order valence-corrected chi connectivity index (χ3v) is 1.45. The predicted molar refractivity (Wildman–Crippen MR) is 46.3 cm³/mol. The Labute approximate surface area is 75.0 Å². The van der Waals surface area contributed by atoms with E-state index in [-0.39, 0.29) is 18.9 Å². The molecule has 0 aliphatic rings. The first-order chi connectivity index (χ1) is 3.39. The fourth-order valence-electron chi connectivity index (χ4n) is 0.415. The molecular weight excluding hydrogens is 206 g/mol. The van der Waals surface area contributed by atoms with E-state index in [2.05, 4.69) is 34.7 Å². The van der Waals surface area contributed by atoms with E-state index >= 15 is 0 Å². The second-order valence-corrected chi connectivity index (χ2v) is 2.54. The Balaban J connectivity index is 0.000000490. The third-order valence-electron chi connectivity index (χ3n) is 0.733. The number of benzene rings is 1. The van der Waals surface area contributed by atoms with E-state index in [1.807, 2.05) is 18.2 Å². The van der Waals surface area contributed by atoms with Crippen molar-refractivity contribution in [3.63, 3.8) is 0 Å². The number of halogens is 1. The van der Waals surface area contributed by atoms with E-state index < -0.39 is 0 Å². The summed E-state index contributed by atoms with van der Waals surface area (Å²) in [6.07, 6.45) is 0. The zero-order chi connectivity index (χ0) is 5.11. The fourth-order valence-corrected chi connectivity index (χ4v) is 0.830. The van der Waals surface area contributed by atoms with Gasteiger partial charge in [-0.05, 0) is 34.7 Å². The standard InChI is InChI=1S/C6H5I.Li.H/c7-6-4-2-1-3-5-6;;/h1-5H;;. The quantitative estimate of drug-likeness (QED) is 0.453. The van der Waals surface area contributed by atoms with Gasteiger partial charge in [-0.25, -0.2) is 0 Å². The van der Waals surface area contributed by atoms with Crippen LogP contribution >= 0.6 is 22.6 Å². The van der Waals surface area contributed by atoms with Crippen LogP contribution in [0.25, 0.3) is 0 Å². The molecule has 0 amide bonds. The van der Waals surface area contributed by atoms with Gasteiger partial charge in [-0.3, -0.25) is 0 Å². The van der Waals surface area contributed by atoms with Gasteiger partial charge in [-0.1, -0.05) is 18.2 Å². The van der Waals surface area contributed by atoms with Gasteiger partial charge in [0, 0.05) is 3.57 Å². The van der Waals surface area contributed by atoms with Crippen LogP contribution in [0.4, 0.5) is 0 Å². The third kappa shape index (κ3) is 2.76. The molecule has 0 saturated heterocycles. The van der Waals surface area contributed by atoms with Crippen LogP contribution in [0.1, 0.15) is 0 Å². The molecule has 0 fully saturated rings. The average molecular weight is 212 g/mol. The molecule has 1 rings (SSSR count).